The minimum atomic E-state index is -0.0672. The SMILES string of the molecule is Cc1cc(Cl)ccc1OCCCC(=O)NCCNC(=O)CCCOc1ccc(Cl)cc1C. The normalized spacial score (nSPS) is 10.5. The van der Waals surface area contributed by atoms with E-state index in [4.69, 9.17) is 32.7 Å². The lowest BCUT2D eigenvalue weighted by Gasteiger charge is -2.10. The van der Waals surface area contributed by atoms with Crippen LogP contribution in [0.1, 0.15) is 36.8 Å². The van der Waals surface area contributed by atoms with E-state index < -0.39 is 0 Å². The van der Waals surface area contributed by atoms with Crippen molar-refractivity contribution in [1.82, 2.24) is 10.6 Å². The van der Waals surface area contributed by atoms with Crippen molar-refractivity contribution in [2.24, 2.45) is 0 Å². The molecule has 0 fully saturated rings. The van der Waals surface area contributed by atoms with Gasteiger partial charge in [0.25, 0.3) is 0 Å². The summed E-state index contributed by atoms with van der Waals surface area (Å²) in [5, 5.41) is 6.92. The molecular weight excluding hydrogens is 451 g/mol. The first-order chi connectivity index (χ1) is 15.3. The molecule has 174 valence electrons. The number of nitrogens with one attached hydrogen (secondary N) is 2. The van der Waals surface area contributed by atoms with Crippen LogP contribution < -0.4 is 20.1 Å². The van der Waals surface area contributed by atoms with Gasteiger partial charge in [-0.05, 0) is 74.2 Å². The van der Waals surface area contributed by atoms with E-state index in [1.807, 2.05) is 38.1 Å². The molecular formula is C24H30Cl2N2O4. The number of carbonyl (C=O) groups is 2. The van der Waals surface area contributed by atoms with Crippen LogP contribution in [0.5, 0.6) is 11.5 Å². The van der Waals surface area contributed by atoms with E-state index in [2.05, 4.69) is 10.6 Å². The van der Waals surface area contributed by atoms with Gasteiger partial charge in [0.2, 0.25) is 11.8 Å². The topological polar surface area (TPSA) is 76.7 Å². The fourth-order valence-electron chi connectivity index (χ4n) is 2.96. The quantitative estimate of drug-likeness (QED) is 0.401. The molecule has 0 aliphatic heterocycles. The molecule has 0 aliphatic rings. The summed E-state index contributed by atoms with van der Waals surface area (Å²) < 4.78 is 11.3. The predicted molar refractivity (Wildman–Crippen MR) is 128 cm³/mol. The maximum Gasteiger partial charge on any atom is 0.220 e. The average Bonchev–Trinajstić information content (AvgIpc) is 2.74. The van der Waals surface area contributed by atoms with Gasteiger partial charge in [-0.3, -0.25) is 9.59 Å². The Balaban J connectivity index is 1.47. The molecule has 0 saturated heterocycles. The molecule has 2 amide bonds. The maximum absolute atomic E-state index is 11.9. The lowest BCUT2D eigenvalue weighted by atomic mass is 10.2. The van der Waals surface area contributed by atoms with Gasteiger partial charge in [-0.2, -0.15) is 0 Å². The van der Waals surface area contributed by atoms with Crippen LogP contribution in [0.3, 0.4) is 0 Å². The molecule has 6 nitrogen and oxygen atoms in total. The van der Waals surface area contributed by atoms with E-state index in [1.165, 1.54) is 0 Å². The first-order valence-corrected chi connectivity index (χ1v) is 11.4. The molecule has 32 heavy (non-hydrogen) atoms. The van der Waals surface area contributed by atoms with Gasteiger partial charge in [0.1, 0.15) is 11.5 Å². The molecule has 0 aliphatic carbocycles. The molecule has 8 heteroatoms. The van der Waals surface area contributed by atoms with E-state index in [-0.39, 0.29) is 11.8 Å². The predicted octanol–water partition coefficient (Wildman–Crippen LogP) is 4.86. The third-order valence-corrected chi connectivity index (χ3v) is 5.12. The number of rotatable bonds is 13. The Morgan fingerprint density at radius 2 is 1.16 bits per heavy atom. The van der Waals surface area contributed by atoms with Gasteiger partial charge in [0, 0.05) is 36.0 Å². The van der Waals surface area contributed by atoms with Crippen molar-refractivity contribution in [3.05, 3.63) is 57.6 Å². The third kappa shape index (κ3) is 9.79. The standard InChI is InChI=1S/C24H30Cl2N2O4/c1-17-15-19(25)7-9-21(17)31-13-3-5-23(29)27-11-12-28-24(30)6-4-14-32-22-10-8-20(26)16-18(22)2/h7-10,15-16H,3-6,11-14H2,1-2H3,(H,27,29)(H,28,30). The Morgan fingerprint density at radius 3 is 1.53 bits per heavy atom. The van der Waals surface area contributed by atoms with Gasteiger partial charge >= 0.3 is 0 Å². The zero-order chi connectivity index (χ0) is 23.3. The minimum Gasteiger partial charge on any atom is -0.493 e. The molecule has 0 atom stereocenters. The molecule has 0 radical (unpaired) electrons. The lowest BCUT2D eigenvalue weighted by Crippen LogP contribution is -2.34. The van der Waals surface area contributed by atoms with Gasteiger partial charge in [0.15, 0.2) is 0 Å². The second-order valence-corrected chi connectivity index (χ2v) is 8.30. The van der Waals surface area contributed by atoms with Crippen LogP contribution in [0.15, 0.2) is 36.4 Å². The molecule has 0 spiro atoms. The van der Waals surface area contributed by atoms with Crippen molar-refractivity contribution >= 4 is 35.0 Å². The number of carbonyl (C=O) groups excluding carboxylic acids is 2. The van der Waals surface area contributed by atoms with Gasteiger partial charge in [0.05, 0.1) is 13.2 Å². The summed E-state index contributed by atoms with van der Waals surface area (Å²) in [5.41, 5.74) is 1.92. The van der Waals surface area contributed by atoms with Crippen molar-refractivity contribution in [1.29, 1.82) is 0 Å². The van der Waals surface area contributed by atoms with Crippen molar-refractivity contribution in [3.8, 4) is 11.5 Å². The molecule has 2 N–H and O–H groups in total. The summed E-state index contributed by atoms with van der Waals surface area (Å²) in [6.07, 6.45) is 1.94. The Hall–Kier alpha value is -2.44. The van der Waals surface area contributed by atoms with E-state index in [1.54, 1.807) is 12.1 Å². The first-order valence-electron chi connectivity index (χ1n) is 10.7. The smallest absolute Gasteiger partial charge is 0.220 e. The highest BCUT2D eigenvalue weighted by molar-refractivity contribution is 6.31. The Kier molecular flexibility index (Phi) is 11.2. The highest BCUT2D eigenvalue weighted by Crippen LogP contribution is 2.22. The second-order valence-electron chi connectivity index (χ2n) is 7.42. The second kappa shape index (κ2) is 13.9. The number of hydrogen-bond donors (Lipinski definition) is 2. The zero-order valence-electron chi connectivity index (χ0n) is 18.5. The number of halogens is 2. The van der Waals surface area contributed by atoms with E-state index in [0.717, 1.165) is 22.6 Å². The van der Waals surface area contributed by atoms with Crippen LogP contribution in [0.25, 0.3) is 0 Å². The highest BCUT2D eigenvalue weighted by Gasteiger charge is 2.05. The largest absolute Gasteiger partial charge is 0.493 e. The van der Waals surface area contributed by atoms with Crippen molar-refractivity contribution in [2.75, 3.05) is 26.3 Å². The van der Waals surface area contributed by atoms with Crippen LogP contribution in [-0.4, -0.2) is 38.1 Å². The molecule has 0 unspecified atom stereocenters. The Bertz CT molecular complexity index is 832. The molecule has 0 aromatic heterocycles. The maximum atomic E-state index is 11.9. The molecule has 0 heterocycles. The number of ether oxygens (including phenoxy) is 2. The third-order valence-electron chi connectivity index (χ3n) is 4.65. The van der Waals surface area contributed by atoms with Crippen molar-refractivity contribution < 1.29 is 19.1 Å². The Morgan fingerprint density at radius 1 is 0.750 bits per heavy atom. The van der Waals surface area contributed by atoms with Crippen LogP contribution in [-0.2, 0) is 9.59 Å². The summed E-state index contributed by atoms with van der Waals surface area (Å²) >= 11 is 11.8. The van der Waals surface area contributed by atoms with Crippen LogP contribution in [0, 0.1) is 13.8 Å². The number of benzene rings is 2. The number of amides is 2. The van der Waals surface area contributed by atoms with Gasteiger partial charge in [-0.1, -0.05) is 23.2 Å². The molecule has 2 rings (SSSR count). The molecule has 2 aromatic carbocycles. The molecule has 0 bridgehead atoms. The molecule has 2 aromatic rings. The van der Waals surface area contributed by atoms with Crippen LogP contribution >= 0.6 is 23.2 Å². The van der Waals surface area contributed by atoms with Crippen molar-refractivity contribution in [2.45, 2.75) is 39.5 Å². The number of hydrogen-bond acceptors (Lipinski definition) is 4. The summed E-state index contributed by atoms with van der Waals surface area (Å²) in [4.78, 5) is 23.8. The lowest BCUT2D eigenvalue weighted by molar-refractivity contribution is -0.123. The summed E-state index contributed by atoms with van der Waals surface area (Å²) in [6, 6.07) is 10.9. The number of aryl methyl sites for hydroxylation is 2. The van der Waals surface area contributed by atoms with Gasteiger partial charge < -0.3 is 20.1 Å². The summed E-state index contributed by atoms with van der Waals surface area (Å²) in [7, 11) is 0. The minimum absolute atomic E-state index is 0.0672. The average molecular weight is 481 g/mol. The molecule has 0 saturated carbocycles. The van der Waals surface area contributed by atoms with E-state index >= 15 is 0 Å². The van der Waals surface area contributed by atoms with Crippen LogP contribution in [0.2, 0.25) is 10.0 Å². The highest BCUT2D eigenvalue weighted by atomic mass is 35.5. The van der Waals surface area contributed by atoms with E-state index in [9.17, 15) is 9.59 Å². The Labute approximate surface area is 199 Å². The monoisotopic (exact) mass is 480 g/mol. The van der Waals surface area contributed by atoms with Gasteiger partial charge in [-0.15, -0.1) is 0 Å². The van der Waals surface area contributed by atoms with Gasteiger partial charge in [-0.25, -0.2) is 0 Å². The fourth-order valence-corrected chi connectivity index (χ4v) is 3.41. The summed E-state index contributed by atoms with van der Waals surface area (Å²) in [6.45, 7) is 5.53. The fraction of sp³-hybridized carbons (Fsp3) is 0.417. The van der Waals surface area contributed by atoms with Crippen molar-refractivity contribution in [3.63, 3.8) is 0 Å². The van der Waals surface area contributed by atoms with E-state index in [0.29, 0.717) is 62.0 Å². The van der Waals surface area contributed by atoms with Crippen LogP contribution in [0.4, 0.5) is 0 Å². The summed E-state index contributed by atoms with van der Waals surface area (Å²) in [5.74, 6) is 1.40. The zero-order valence-corrected chi connectivity index (χ0v) is 20.0. The first kappa shape index (κ1) is 25.8.